The first-order valence-corrected chi connectivity index (χ1v) is 5.26. The number of hydrogen-bond acceptors (Lipinski definition) is 4. The van der Waals surface area contributed by atoms with Gasteiger partial charge >= 0.3 is 0 Å². The van der Waals surface area contributed by atoms with E-state index in [-0.39, 0.29) is 5.92 Å². The third-order valence-corrected chi connectivity index (χ3v) is 3.24. The van der Waals surface area contributed by atoms with Gasteiger partial charge in [-0.2, -0.15) is 0 Å². The van der Waals surface area contributed by atoms with E-state index in [1.165, 1.54) is 0 Å². The Hall–Kier alpha value is -0.610. The highest BCUT2D eigenvalue weighted by molar-refractivity contribution is 5.87. The van der Waals surface area contributed by atoms with Gasteiger partial charge in [0, 0.05) is 12.5 Å². The highest BCUT2D eigenvalue weighted by atomic mass is 16.5. The molecule has 0 aromatic rings. The molecule has 0 spiro atoms. The molecule has 0 saturated heterocycles. The second-order valence-corrected chi connectivity index (χ2v) is 4.44. The minimum atomic E-state index is 0.194. The SMILES string of the molecule is CC(C)C1CCC(CNO)C(=NO)C1. The van der Waals surface area contributed by atoms with Crippen LogP contribution in [0.1, 0.15) is 33.1 Å². The van der Waals surface area contributed by atoms with Crippen molar-refractivity contribution in [3.05, 3.63) is 0 Å². The molecule has 0 aromatic carbocycles. The van der Waals surface area contributed by atoms with Crippen molar-refractivity contribution in [3.8, 4) is 0 Å². The van der Waals surface area contributed by atoms with Gasteiger partial charge in [0.05, 0.1) is 5.71 Å². The molecule has 1 fully saturated rings. The van der Waals surface area contributed by atoms with E-state index < -0.39 is 0 Å². The molecular weight excluding hydrogens is 180 g/mol. The molecule has 1 rings (SSSR count). The van der Waals surface area contributed by atoms with Crippen molar-refractivity contribution in [3.63, 3.8) is 0 Å². The van der Waals surface area contributed by atoms with Gasteiger partial charge in [0.25, 0.3) is 0 Å². The first-order chi connectivity index (χ1) is 6.69. The van der Waals surface area contributed by atoms with Gasteiger partial charge in [-0.1, -0.05) is 19.0 Å². The quantitative estimate of drug-likeness (QED) is 0.481. The molecule has 0 radical (unpaired) electrons. The fourth-order valence-electron chi connectivity index (χ4n) is 2.14. The molecule has 0 amide bonds. The van der Waals surface area contributed by atoms with Gasteiger partial charge < -0.3 is 10.4 Å². The van der Waals surface area contributed by atoms with E-state index in [2.05, 4.69) is 24.5 Å². The second-order valence-electron chi connectivity index (χ2n) is 4.44. The largest absolute Gasteiger partial charge is 0.411 e. The summed E-state index contributed by atoms with van der Waals surface area (Å²) in [6.07, 6.45) is 3.01. The van der Waals surface area contributed by atoms with E-state index in [0.29, 0.717) is 18.4 Å². The molecule has 3 N–H and O–H groups in total. The maximum absolute atomic E-state index is 8.87. The van der Waals surface area contributed by atoms with Crippen LogP contribution >= 0.6 is 0 Å². The maximum Gasteiger partial charge on any atom is 0.0618 e. The van der Waals surface area contributed by atoms with E-state index >= 15 is 0 Å². The smallest absolute Gasteiger partial charge is 0.0618 e. The molecule has 0 bridgehead atoms. The average Bonchev–Trinajstić information content (AvgIpc) is 2.18. The molecule has 14 heavy (non-hydrogen) atoms. The highest BCUT2D eigenvalue weighted by Crippen LogP contribution is 2.31. The topological polar surface area (TPSA) is 64.8 Å². The van der Waals surface area contributed by atoms with Crippen molar-refractivity contribution in [1.29, 1.82) is 0 Å². The lowest BCUT2D eigenvalue weighted by atomic mass is 9.76. The summed E-state index contributed by atoms with van der Waals surface area (Å²) >= 11 is 0. The summed E-state index contributed by atoms with van der Waals surface area (Å²) < 4.78 is 0. The van der Waals surface area contributed by atoms with Crippen LogP contribution in [-0.4, -0.2) is 22.7 Å². The molecular formula is C10H20N2O2. The molecule has 1 saturated carbocycles. The monoisotopic (exact) mass is 200 g/mol. The van der Waals surface area contributed by atoms with Gasteiger partial charge in [-0.3, -0.25) is 0 Å². The predicted octanol–water partition coefficient (Wildman–Crippen LogP) is 1.87. The predicted molar refractivity (Wildman–Crippen MR) is 54.7 cm³/mol. The van der Waals surface area contributed by atoms with Crippen molar-refractivity contribution in [2.45, 2.75) is 33.1 Å². The van der Waals surface area contributed by atoms with Crippen LogP contribution < -0.4 is 5.48 Å². The first-order valence-electron chi connectivity index (χ1n) is 5.26. The molecule has 0 heterocycles. The molecule has 1 aliphatic carbocycles. The standard InChI is InChI=1S/C10H20N2O2/c1-7(2)8-3-4-9(6-11-13)10(5-8)12-14/h7-9,11,13-14H,3-6H2,1-2H3. The zero-order valence-corrected chi connectivity index (χ0v) is 8.90. The fourth-order valence-corrected chi connectivity index (χ4v) is 2.14. The van der Waals surface area contributed by atoms with Crippen molar-refractivity contribution >= 4 is 5.71 Å². The van der Waals surface area contributed by atoms with Crippen LogP contribution in [-0.2, 0) is 0 Å². The number of oxime groups is 1. The third kappa shape index (κ3) is 2.69. The van der Waals surface area contributed by atoms with Crippen LogP contribution in [0, 0.1) is 17.8 Å². The molecule has 4 heteroatoms. The van der Waals surface area contributed by atoms with Gasteiger partial charge in [0.2, 0.25) is 0 Å². The maximum atomic E-state index is 8.87. The number of hydroxylamine groups is 1. The first kappa shape index (κ1) is 11.5. The Morgan fingerprint density at radius 2 is 2.21 bits per heavy atom. The minimum Gasteiger partial charge on any atom is -0.411 e. The lowest BCUT2D eigenvalue weighted by molar-refractivity contribution is 0.150. The van der Waals surface area contributed by atoms with E-state index in [0.717, 1.165) is 25.0 Å². The number of rotatable bonds is 3. The normalized spacial score (nSPS) is 31.3. The van der Waals surface area contributed by atoms with E-state index in [1.54, 1.807) is 0 Å². The van der Waals surface area contributed by atoms with Crippen molar-refractivity contribution in [2.75, 3.05) is 6.54 Å². The van der Waals surface area contributed by atoms with Crippen LogP contribution in [0.25, 0.3) is 0 Å². The summed E-state index contributed by atoms with van der Waals surface area (Å²) in [5, 5.41) is 20.8. The molecule has 2 atom stereocenters. The van der Waals surface area contributed by atoms with Crippen molar-refractivity contribution in [1.82, 2.24) is 5.48 Å². The summed E-state index contributed by atoms with van der Waals surface area (Å²) in [7, 11) is 0. The van der Waals surface area contributed by atoms with Gasteiger partial charge in [0.1, 0.15) is 0 Å². The molecule has 2 unspecified atom stereocenters. The molecule has 0 aromatic heterocycles. The van der Waals surface area contributed by atoms with Crippen LogP contribution in [0.5, 0.6) is 0 Å². The Balaban J connectivity index is 2.55. The van der Waals surface area contributed by atoms with Crippen LogP contribution in [0.2, 0.25) is 0 Å². The van der Waals surface area contributed by atoms with Crippen molar-refractivity contribution in [2.24, 2.45) is 22.9 Å². The van der Waals surface area contributed by atoms with Gasteiger partial charge in [-0.25, -0.2) is 5.48 Å². The van der Waals surface area contributed by atoms with E-state index in [1.807, 2.05) is 0 Å². The Bertz CT molecular complexity index is 204. The fraction of sp³-hybridized carbons (Fsp3) is 0.900. The van der Waals surface area contributed by atoms with E-state index in [4.69, 9.17) is 10.4 Å². The molecule has 0 aliphatic heterocycles. The van der Waals surface area contributed by atoms with Crippen LogP contribution in [0.3, 0.4) is 0 Å². The minimum absolute atomic E-state index is 0.194. The zero-order valence-electron chi connectivity index (χ0n) is 8.90. The Morgan fingerprint density at radius 3 is 2.71 bits per heavy atom. The lowest BCUT2D eigenvalue weighted by Gasteiger charge is -2.31. The summed E-state index contributed by atoms with van der Waals surface area (Å²) in [4.78, 5) is 0. The molecule has 1 aliphatic rings. The van der Waals surface area contributed by atoms with Gasteiger partial charge in [0.15, 0.2) is 0 Å². The lowest BCUT2D eigenvalue weighted by Crippen LogP contribution is -2.33. The zero-order chi connectivity index (χ0) is 10.6. The number of hydrogen-bond donors (Lipinski definition) is 3. The molecule has 82 valence electrons. The Labute approximate surface area is 85.0 Å². The number of nitrogens with zero attached hydrogens (tertiary/aromatic N) is 1. The highest BCUT2D eigenvalue weighted by Gasteiger charge is 2.28. The summed E-state index contributed by atoms with van der Waals surface area (Å²) in [6, 6.07) is 0. The average molecular weight is 200 g/mol. The number of nitrogens with one attached hydrogen (secondary N) is 1. The Kier molecular flexibility index (Phi) is 4.35. The van der Waals surface area contributed by atoms with Crippen LogP contribution in [0.15, 0.2) is 5.16 Å². The Morgan fingerprint density at radius 1 is 1.50 bits per heavy atom. The third-order valence-electron chi connectivity index (χ3n) is 3.24. The second kappa shape index (κ2) is 5.32. The summed E-state index contributed by atoms with van der Waals surface area (Å²) in [6.45, 7) is 4.89. The van der Waals surface area contributed by atoms with Crippen molar-refractivity contribution < 1.29 is 10.4 Å². The molecule has 4 nitrogen and oxygen atoms in total. The summed E-state index contributed by atoms with van der Waals surface area (Å²) in [5.74, 6) is 1.45. The summed E-state index contributed by atoms with van der Waals surface area (Å²) in [5.41, 5.74) is 2.98. The van der Waals surface area contributed by atoms with E-state index in [9.17, 15) is 0 Å². The van der Waals surface area contributed by atoms with Gasteiger partial charge in [-0.15, -0.1) is 0 Å². The van der Waals surface area contributed by atoms with Gasteiger partial charge in [-0.05, 0) is 31.1 Å². The van der Waals surface area contributed by atoms with Crippen LogP contribution in [0.4, 0.5) is 0 Å².